The third kappa shape index (κ3) is 6.16. The summed E-state index contributed by atoms with van der Waals surface area (Å²) in [6, 6.07) is 19.5. The highest BCUT2D eigenvalue weighted by Gasteiger charge is 2.13. The summed E-state index contributed by atoms with van der Waals surface area (Å²) < 4.78 is 10.3. The molecular weight excluding hydrogens is 434 g/mol. The number of esters is 1. The number of hydrogen-bond donors (Lipinski definition) is 2. The van der Waals surface area contributed by atoms with Crippen LogP contribution in [0, 0.1) is 0 Å². The number of methoxy groups -OCH3 is 1. The van der Waals surface area contributed by atoms with Gasteiger partial charge in [0, 0.05) is 11.8 Å². The quantitative estimate of drug-likeness (QED) is 0.195. The monoisotopic (exact) mass is 451 g/mol. The molecule has 2 N–H and O–H groups in total. The number of anilines is 1. The highest BCUT2D eigenvalue weighted by molar-refractivity contribution is 6.39. The fourth-order valence-corrected chi connectivity index (χ4v) is 2.73. The van der Waals surface area contributed by atoms with Gasteiger partial charge in [-0.05, 0) is 54.1 Å². The largest absolute Gasteiger partial charge is 0.497 e. The van der Waals surface area contributed by atoms with Crippen LogP contribution in [0.3, 0.4) is 0 Å². The Morgan fingerprint density at radius 3 is 2.38 bits per heavy atom. The second-order valence-corrected chi connectivity index (χ2v) is 6.73. The third-order valence-electron chi connectivity index (χ3n) is 4.10. The van der Waals surface area contributed by atoms with Gasteiger partial charge in [-0.1, -0.05) is 29.8 Å². The molecule has 2 amide bonds. The summed E-state index contributed by atoms with van der Waals surface area (Å²) in [5.41, 5.74) is 3.42. The zero-order valence-electron chi connectivity index (χ0n) is 16.9. The standard InChI is InChI=1S/C23H18ClN3O5/c1-31-18-6-4-5-16(13-18)26-21(28)22(29)27-25-14-15-9-11-17(12-10-15)32-23(30)19-7-2-3-8-20(19)24/h2-14H,1H3,(H,26,28)(H,27,29)/b25-14+. The van der Waals surface area contributed by atoms with Gasteiger partial charge in [0.05, 0.1) is 23.9 Å². The molecule has 3 aromatic carbocycles. The molecule has 0 saturated carbocycles. The second kappa shape index (κ2) is 10.7. The zero-order chi connectivity index (χ0) is 22.9. The lowest BCUT2D eigenvalue weighted by atomic mass is 10.2. The van der Waals surface area contributed by atoms with Gasteiger partial charge in [0.25, 0.3) is 0 Å². The molecule has 0 aliphatic heterocycles. The van der Waals surface area contributed by atoms with Crippen molar-refractivity contribution in [2.24, 2.45) is 5.10 Å². The predicted octanol–water partition coefficient (Wildman–Crippen LogP) is 3.66. The van der Waals surface area contributed by atoms with Gasteiger partial charge in [0.2, 0.25) is 0 Å². The van der Waals surface area contributed by atoms with Crippen LogP contribution in [0.4, 0.5) is 5.69 Å². The fourth-order valence-electron chi connectivity index (χ4n) is 2.52. The van der Waals surface area contributed by atoms with Crippen LogP contribution in [0.15, 0.2) is 77.9 Å². The summed E-state index contributed by atoms with van der Waals surface area (Å²) >= 11 is 5.99. The third-order valence-corrected chi connectivity index (χ3v) is 4.43. The molecule has 0 atom stereocenters. The molecule has 8 nitrogen and oxygen atoms in total. The molecular formula is C23H18ClN3O5. The minimum absolute atomic E-state index is 0.259. The zero-order valence-corrected chi connectivity index (χ0v) is 17.6. The van der Waals surface area contributed by atoms with Gasteiger partial charge in [0.1, 0.15) is 11.5 Å². The Bertz CT molecular complexity index is 1160. The number of amides is 2. The molecule has 0 aliphatic rings. The molecule has 0 saturated heterocycles. The Morgan fingerprint density at radius 1 is 0.906 bits per heavy atom. The van der Waals surface area contributed by atoms with E-state index in [4.69, 9.17) is 21.1 Å². The van der Waals surface area contributed by atoms with Crippen LogP contribution in [0.25, 0.3) is 0 Å². The first-order chi connectivity index (χ1) is 15.5. The number of rotatable bonds is 6. The molecule has 3 aromatic rings. The predicted molar refractivity (Wildman–Crippen MR) is 120 cm³/mol. The van der Waals surface area contributed by atoms with Gasteiger partial charge in [-0.25, -0.2) is 10.2 Å². The minimum atomic E-state index is -0.936. The summed E-state index contributed by atoms with van der Waals surface area (Å²) in [4.78, 5) is 36.0. The average Bonchev–Trinajstić information content (AvgIpc) is 2.80. The van der Waals surface area contributed by atoms with Crippen molar-refractivity contribution < 1.29 is 23.9 Å². The molecule has 0 radical (unpaired) electrons. The van der Waals surface area contributed by atoms with Crippen LogP contribution in [0.2, 0.25) is 5.02 Å². The smallest absolute Gasteiger partial charge is 0.345 e. The van der Waals surface area contributed by atoms with E-state index in [1.54, 1.807) is 72.8 Å². The van der Waals surface area contributed by atoms with Crippen molar-refractivity contribution in [2.45, 2.75) is 0 Å². The minimum Gasteiger partial charge on any atom is -0.497 e. The molecule has 0 aromatic heterocycles. The highest BCUT2D eigenvalue weighted by Crippen LogP contribution is 2.19. The summed E-state index contributed by atoms with van der Waals surface area (Å²) in [7, 11) is 1.50. The van der Waals surface area contributed by atoms with Gasteiger partial charge in [-0.2, -0.15) is 5.10 Å². The summed E-state index contributed by atoms with van der Waals surface area (Å²) in [5, 5.41) is 6.50. The Kier molecular flexibility index (Phi) is 7.55. The van der Waals surface area contributed by atoms with Crippen molar-refractivity contribution in [3.05, 3.63) is 88.9 Å². The van der Waals surface area contributed by atoms with Crippen molar-refractivity contribution in [3.63, 3.8) is 0 Å². The molecule has 0 spiro atoms. The molecule has 3 rings (SSSR count). The van der Waals surface area contributed by atoms with Crippen LogP contribution in [-0.2, 0) is 9.59 Å². The van der Waals surface area contributed by atoms with E-state index in [2.05, 4.69) is 15.8 Å². The molecule has 0 unspecified atom stereocenters. The Morgan fingerprint density at radius 2 is 1.66 bits per heavy atom. The number of nitrogens with zero attached hydrogens (tertiary/aromatic N) is 1. The van der Waals surface area contributed by atoms with Crippen LogP contribution < -0.4 is 20.2 Å². The van der Waals surface area contributed by atoms with E-state index in [0.29, 0.717) is 27.8 Å². The number of benzene rings is 3. The van der Waals surface area contributed by atoms with E-state index in [9.17, 15) is 14.4 Å². The lowest BCUT2D eigenvalue weighted by Gasteiger charge is -2.06. The van der Waals surface area contributed by atoms with E-state index in [1.165, 1.54) is 13.3 Å². The maximum absolute atomic E-state index is 12.2. The molecule has 162 valence electrons. The number of halogens is 1. The van der Waals surface area contributed by atoms with Crippen molar-refractivity contribution in [1.29, 1.82) is 0 Å². The van der Waals surface area contributed by atoms with Crippen LogP contribution in [0.1, 0.15) is 15.9 Å². The van der Waals surface area contributed by atoms with Gasteiger partial charge < -0.3 is 14.8 Å². The van der Waals surface area contributed by atoms with Gasteiger partial charge in [-0.15, -0.1) is 0 Å². The van der Waals surface area contributed by atoms with E-state index < -0.39 is 17.8 Å². The Hall–Kier alpha value is -4.17. The Labute approximate surface area is 188 Å². The number of hydrogen-bond acceptors (Lipinski definition) is 6. The normalized spacial score (nSPS) is 10.4. The molecule has 0 bridgehead atoms. The van der Waals surface area contributed by atoms with Crippen LogP contribution in [-0.4, -0.2) is 31.1 Å². The number of carbonyl (C=O) groups is 3. The van der Waals surface area contributed by atoms with Gasteiger partial charge in [-0.3, -0.25) is 9.59 Å². The SMILES string of the molecule is COc1cccc(NC(=O)C(=O)N/N=C/c2ccc(OC(=O)c3ccccc3Cl)cc2)c1. The molecule has 0 fully saturated rings. The number of carbonyl (C=O) groups excluding carboxylic acids is 3. The maximum atomic E-state index is 12.2. The van der Waals surface area contributed by atoms with E-state index in [1.807, 2.05) is 0 Å². The van der Waals surface area contributed by atoms with Crippen molar-refractivity contribution in [3.8, 4) is 11.5 Å². The van der Waals surface area contributed by atoms with Crippen LogP contribution >= 0.6 is 11.6 Å². The van der Waals surface area contributed by atoms with Gasteiger partial charge in [0.15, 0.2) is 0 Å². The highest BCUT2D eigenvalue weighted by atomic mass is 35.5. The summed E-state index contributed by atoms with van der Waals surface area (Å²) in [6.45, 7) is 0. The van der Waals surface area contributed by atoms with E-state index >= 15 is 0 Å². The first kappa shape index (κ1) is 22.5. The first-order valence-corrected chi connectivity index (χ1v) is 9.69. The molecule has 9 heteroatoms. The lowest BCUT2D eigenvalue weighted by molar-refractivity contribution is -0.136. The molecule has 32 heavy (non-hydrogen) atoms. The van der Waals surface area contributed by atoms with Crippen LogP contribution in [0.5, 0.6) is 11.5 Å². The summed E-state index contributed by atoms with van der Waals surface area (Å²) in [6.07, 6.45) is 1.34. The molecule has 0 heterocycles. The van der Waals surface area contributed by atoms with Gasteiger partial charge >= 0.3 is 17.8 Å². The second-order valence-electron chi connectivity index (χ2n) is 6.32. The number of ether oxygens (including phenoxy) is 2. The average molecular weight is 452 g/mol. The maximum Gasteiger partial charge on any atom is 0.345 e. The number of hydrazone groups is 1. The number of nitrogens with one attached hydrogen (secondary N) is 2. The first-order valence-electron chi connectivity index (χ1n) is 9.31. The topological polar surface area (TPSA) is 106 Å². The van der Waals surface area contributed by atoms with Crippen molar-refractivity contribution >= 4 is 41.3 Å². The van der Waals surface area contributed by atoms with Crippen molar-refractivity contribution in [1.82, 2.24) is 5.43 Å². The Balaban J connectivity index is 1.52. The summed E-state index contributed by atoms with van der Waals surface area (Å²) in [5.74, 6) is -1.53. The van der Waals surface area contributed by atoms with Crippen molar-refractivity contribution in [2.75, 3.05) is 12.4 Å². The fraction of sp³-hybridized carbons (Fsp3) is 0.0435. The van der Waals surface area contributed by atoms with E-state index in [-0.39, 0.29) is 5.56 Å². The molecule has 0 aliphatic carbocycles. The van der Waals surface area contributed by atoms with E-state index in [0.717, 1.165) is 0 Å². The lowest BCUT2D eigenvalue weighted by Crippen LogP contribution is -2.32.